The molecule has 2 aliphatic heterocycles. The van der Waals surface area contributed by atoms with E-state index in [0.29, 0.717) is 18.0 Å². The predicted molar refractivity (Wildman–Crippen MR) is 109 cm³/mol. The summed E-state index contributed by atoms with van der Waals surface area (Å²) in [6.07, 6.45) is 4.10. The number of rotatable bonds is 6. The zero-order valence-corrected chi connectivity index (χ0v) is 17.1. The zero-order valence-electron chi connectivity index (χ0n) is 17.1. The first kappa shape index (κ1) is 19.6. The van der Waals surface area contributed by atoms with Gasteiger partial charge in [-0.25, -0.2) is 0 Å². The van der Waals surface area contributed by atoms with Gasteiger partial charge in [0.25, 0.3) is 0 Å². The summed E-state index contributed by atoms with van der Waals surface area (Å²) in [4.78, 5) is 9.68. The molecule has 0 radical (unpaired) electrons. The van der Waals surface area contributed by atoms with Gasteiger partial charge in [-0.3, -0.25) is 4.90 Å². The van der Waals surface area contributed by atoms with Crippen LogP contribution in [0.3, 0.4) is 0 Å². The third kappa shape index (κ3) is 5.19. The maximum atomic E-state index is 5.86. The minimum Gasteiger partial charge on any atom is -0.373 e. The third-order valence-electron chi connectivity index (χ3n) is 5.86. The standard InChI is InChI=1S/C22H32N4O2/c1-17-14-26(15-18(2)27-17)16-19-8-11-25(12-9-19)13-10-21-23-22(24-28-21)20-6-4-3-5-7-20/h3-7,17-19H,8-16H2,1-2H3. The molecule has 0 saturated carbocycles. The average molecular weight is 385 g/mol. The fourth-order valence-corrected chi connectivity index (χ4v) is 4.51. The molecule has 6 heteroatoms. The van der Waals surface area contributed by atoms with Crippen molar-refractivity contribution in [2.75, 3.05) is 39.3 Å². The Bertz CT molecular complexity index is 717. The van der Waals surface area contributed by atoms with E-state index < -0.39 is 0 Å². The smallest absolute Gasteiger partial charge is 0.228 e. The van der Waals surface area contributed by atoms with Gasteiger partial charge in [0.1, 0.15) is 0 Å². The Kier molecular flexibility index (Phi) is 6.40. The lowest BCUT2D eigenvalue weighted by atomic mass is 9.95. The highest BCUT2D eigenvalue weighted by atomic mass is 16.5. The molecule has 2 aliphatic rings. The molecule has 152 valence electrons. The van der Waals surface area contributed by atoms with E-state index in [1.807, 2.05) is 30.3 Å². The van der Waals surface area contributed by atoms with Gasteiger partial charge in [0, 0.05) is 38.2 Å². The van der Waals surface area contributed by atoms with E-state index in [-0.39, 0.29) is 0 Å². The summed E-state index contributed by atoms with van der Waals surface area (Å²) in [6.45, 7) is 11.1. The van der Waals surface area contributed by atoms with Crippen LogP contribution in [0.2, 0.25) is 0 Å². The van der Waals surface area contributed by atoms with Crippen LogP contribution in [0, 0.1) is 5.92 Å². The van der Waals surface area contributed by atoms with Gasteiger partial charge in [0.2, 0.25) is 11.7 Å². The van der Waals surface area contributed by atoms with Crippen molar-refractivity contribution in [1.29, 1.82) is 0 Å². The molecule has 28 heavy (non-hydrogen) atoms. The van der Waals surface area contributed by atoms with Crippen molar-refractivity contribution >= 4 is 0 Å². The van der Waals surface area contributed by atoms with Crippen LogP contribution >= 0.6 is 0 Å². The van der Waals surface area contributed by atoms with Crippen molar-refractivity contribution in [1.82, 2.24) is 19.9 Å². The van der Waals surface area contributed by atoms with E-state index in [1.54, 1.807) is 0 Å². The SMILES string of the molecule is CC1CN(CC2CCN(CCc3nc(-c4ccccc4)no3)CC2)CC(C)O1. The molecule has 0 spiro atoms. The minimum atomic E-state index is 0.360. The number of nitrogens with zero attached hydrogens (tertiary/aromatic N) is 4. The van der Waals surface area contributed by atoms with Crippen LogP contribution in [0.4, 0.5) is 0 Å². The van der Waals surface area contributed by atoms with Crippen molar-refractivity contribution < 1.29 is 9.26 Å². The van der Waals surface area contributed by atoms with Gasteiger partial charge in [0.05, 0.1) is 12.2 Å². The van der Waals surface area contributed by atoms with E-state index in [2.05, 4.69) is 33.8 Å². The second-order valence-electron chi connectivity index (χ2n) is 8.39. The number of ether oxygens (including phenoxy) is 1. The van der Waals surface area contributed by atoms with Crippen LogP contribution in [0.25, 0.3) is 11.4 Å². The Balaban J connectivity index is 1.19. The fourth-order valence-electron chi connectivity index (χ4n) is 4.51. The van der Waals surface area contributed by atoms with Crippen molar-refractivity contribution in [3.8, 4) is 11.4 Å². The Morgan fingerprint density at radius 1 is 1.00 bits per heavy atom. The van der Waals surface area contributed by atoms with Gasteiger partial charge in [-0.05, 0) is 45.7 Å². The molecule has 2 aromatic rings. The topological polar surface area (TPSA) is 54.6 Å². The van der Waals surface area contributed by atoms with E-state index in [1.165, 1.54) is 32.5 Å². The van der Waals surface area contributed by atoms with Crippen LogP contribution in [-0.4, -0.2) is 71.4 Å². The summed E-state index contributed by atoms with van der Waals surface area (Å²) in [5, 5.41) is 4.12. The van der Waals surface area contributed by atoms with E-state index in [0.717, 1.165) is 43.4 Å². The zero-order chi connectivity index (χ0) is 19.3. The highest BCUT2D eigenvalue weighted by molar-refractivity contribution is 5.53. The molecule has 0 amide bonds. The number of aromatic nitrogens is 2. The number of likely N-dealkylation sites (tertiary alicyclic amines) is 1. The molecule has 6 nitrogen and oxygen atoms in total. The van der Waals surface area contributed by atoms with Gasteiger partial charge in [-0.2, -0.15) is 4.98 Å². The van der Waals surface area contributed by atoms with E-state index >= 15 is 0 Å². The number of morpholine rings is 1. The maximum Gasteiger partial charge on any atom is 0.228 e. The lowest BCUT2D eigenvalue weighted by molar-refractivity contribution is -0.0731. The van der Waals surface area contributed by atoms with Crippen molar-refractivity contribution in [3.05, 3.63) is 36.2 Å². The van der Waals surface area contributed by atoms with E-state index in [9.17, 15) is 0 Å². The maximum absolute atomic E-state index is 5.86. The molecule has 4 rings (SSSR count). The Hall–Kier alpha value is -1.76. The van der Waals surface area contributed by atoms with Gasteiger partial charge >= 0.3 is 0 Å². The van der Waals surface area contributed by atoms with Crippen molar-refractivity contribution in [2.24, 2.45) is 5.92 Å². The fraction of sp³-hybridized carbons (Fsp3) is 0.636. The van der Waals surface area contributed by atoms with Crippen molar-refractivity contribution in [2.45, 2.75) is 45.3 Å². The number of hydrogen-bond donors (Lipinski definition) is 0. The minimum absolute atomic E-state index is 0.360. The lowest BCUT2D eigenvalue weighted by Gasteiger charge is -2.39. The molecule has 2 saturated heterocycles. The highest BCUT2D eigenvalue weighted by Crippen LogP contribution is 2.21. The Morgan fingerprint density at radius 3 is 2.43 bits per heavy atom. The molecule has 2 fully saturated rings. The molecule has 0 bridgehead atoms. The van der Waals surface area contributed by atoms with Crippen LogP contribution < -0.4 is 0 Å². The van der Waals surface area contributed by atoms with Gasteiger partial charge in [0.15, 0.2) is 0 Å². The van der Waals surface area contributed by atoms with E-state index in [4.69, 9.17) is 9.26 Å². The molecule has 1 aromatic carbocycles. The first-order valence-corrected chi connectivity index (χ1v) is 10.6. The third-order valence-corrected chi connectivity index (χ3v) is 5.86. The summed E-state index contributed by atoms with van der Waals surface area (Å²) in [5.74, 6) is 2.22. The first-order valence-electron chi connectivity index (χ1n) is 10.6. The normalized spacial score (nSPS) is 25.2. The van der Waals surface area contributed by atoms with Crippen LogP contribution in [-0.2, 0) is 11.2 Å². The Labute approximate surface area is 167 Å². The lowest BCUT2D eigenvalue weighted by Crippen LogP contribution is -2.48. The summed E-state index contributed by atoms with van der Waals surface area (Å²) in [7, 11) is 0. The molecule has 2 unspecified atom stereocenters. The number of benzene rings is 1. The summed E-state index contributed by atoms with van der Waals surface area (Å²) in [5.41, 5.74) is 1.00. The molecule has 1 aromatic heterocycles. The predicted octanol–water partition coefficient (Wildman–Crippen LogP) is 3.10. The second kappa shape index (κ2) is 9.16. The molecule has 0 N–H and O–H groups in total. The molecule has 3 heterocycles. The van der Waals surface area contributed by atoms with Crippen LogP contribution in [0.1, 0.15) is 32.6 Å². The highest BCUT2D eigenvalue weighted by Gasteiger charge is 2.26. The van der Waals surface area contributed by atoms with Crippen LogP contribution in [0.15, 0.2) is 34.9 Å². The number of piperidine rings is 1. The Morgan fingerprint density at radius 2 is 1.71 bits per heavy atom. The molecular formula is C22H32N4O2. The molecule has 2 atom stereocenters. The second-order valence-corrected chi connectivity index (χ2v) is 8.39. The monoisotopic (exact) mass is 384 g/mol. The first-order chi connectivity index (χ1) is 13.7. The summed E-state index contributed by atoms with van der Waals surface area (Å²) in [6, 6.07) is 10.0. The quantitative estimate of drug-likeness (QED) is 0.763. The summed E-state index contributed by atoms with van der Waals surface area (Å²) < 4.78 is 11.3. The molecular weight excluding hydrogens is 352 g/mol. The van der Waals surface area contributed by atoms with Crippen molar-refractivity contribution in [3.63, 3.8) is 0 Å². The largest absolute Gasteiger partial charge is 0.373 e. The van der Waals surface area contributed by atoms with Gasteiger partial charge in [-0.15, -0.1) is 0 Å². The van der Waals surface area contributed by atoms with Crippen LogP contribution in [0.5, 0.6) is 0 Å². The summed E-state index contributed by atoms with van der Waals surface area (Å²) >= 11 is 0. The van der Waals surface area contributed by atoms with Gasteiger partial charge in [-0.1, -0.05) is 35.5 Å². The average Bonchev–Trinajstić information content (AvgIpc) is 3.16. The van der Waals surface area contributed by atoms with Gasteiger partial charge < -0.3 is 14.2 Å². The molecule has 0 aliphatic carbocycles. The number of hydrogen-bond acceptors (Lipinski definition) is 6.